The molecule has 0 fully saturated rings. The number of amides is 2. The lowest BCUT2D eigenvalue weighted by molar-refractivity contribution is -0.122. The number of carbonyl (C=O) groups excluding carboxylic acids is 2. The van der Waals surface area contributed by atoms with Crippen molar-refractivity contribution in [3.8, 4) is 0 Å². The summed E-state index contributed by atoms with van der Waals surface area (Å²) in [7, 11) is 0. The summed E-state index contributed by atoms with van der Waals surface area (Å²) < 4.78 is 0. The normalized spacial score (nSPS) is 16.2. The van der Waals surface area contributed by atoms with Crippen LogP contribution in [0.4, 0.5) is 0 Å². The van der Waals surface area contributed by atoms with Crippen LogP contribution in [-0.2, 0) is 11.2 Å². The van der Waals surface area contributed by atoms with Gasteiger partial charge in [0.2, 0.25) is 5.91 Å². The monoisotopic (exact) mass is 342 g/mol. The van der Waals surface area contributed by atoms with Gasteiger partial charge in [0, 0.05) is 13.0 Å². The van der Waals surface area contributed by atoms with Crippen LogP contribution < -0.4 is 10.6 Å². The van der Waals surface area contributed by atoms with Crippen molar-refractivity contribution in [1.82, 2.24) is 10.6 Å². The zero-order valence-electron chi connectivity index (χ0n) is 13.6. The van der Waals surface area contributed by atoms with E-state index < -0.39 is 0 Å². The van der Waals surface area contributed by atoms with Crippen molar-refractivity contribution < 1.29 is 9.59 Å². The largest absolute Gasteiger partial charge is 0.351 e. The minimum Gasteiger partial charge on any atom is -0.351 e. The van der Waals surface area contributed by atoms with Crippen LogP contribution in [0.2, 0.25) is 0 Å². The number of aryl methyl sites for hydroxylation is 1. The molecule has 1 aliphatic rings. The molecule has 1 heterocycles. The third kappa shape index (κ3) is 4.23. The average Bonchev–Trinajstić information content (AvgIpc) is 3.14. The second-order valence-electron chi connectivity index (χ2n) is 6.05. The lowest BCUT2D eigenvalue weighted by Crippen LogP contribution is -2.31. The highest BCUT2D eigenvalue weighted by Crippen LogP contribution is 2.29. The number of hydrogen-bond acceptors (Lipinski definition) is 3. The molecule has 4 nitrogen and oxygen atoms in total. The van der Waals surface area contributed by atoms with Gasteiger partial charge < -0.3 is 10.6 Å². The SMILES string of the molecule is O=C(CCCNC(=O)c1cccs1)N[C@@H]1CCCc2ccccc21. The molecule has 1 aliphatic carbocycles. The number of thiophene rings is 1. The van der Waals surface area contributed by atoms with Gasteiger partial charge in [0.1, 0.15) is 0 Å². The van der Waals surface area contributed by atoms with E-state index in [1.165, 1.54) is 22.5 Å². The summed E-state index contributed by atoms with van der Waals surface area (Å²) in [6.07, 6.45) is 4.29. The van der Waals surface area contributed by atoms with Gasteiger partial charge >= 0.3 is 0 Å². The Morgan fingerprint density at radius 2 is 2.04 bits per heavy atom. The molecule has 2 aromatic rings. The molecule has 2 amide bonds. The fourth-order valence-corrected chi connectivity index (χ4v) is 3.76. The van der Waals surface area contributed by atoms with Gasteiger partial charge in [-0.3, -0.25) is 9.59 Å². The van der Waals surface area contributed by atoms with Gasteiger partial charge in [0.25, 0.3) is 5.91 Å². The van der Waals surface area contributed by atoms with Crippen LogP contribution in [0, 0.1) is 0 Å². The second-order valence-corrected chi connectivity index (χ2v) is 7.00. The number of nitrogens with one attached hydrogen (secondary N) is 2. The molecular formula is C19H22N2O2S. The molecule has 0 spiro atoms. The zero-order chi connectivity index (χ0) is 16.8. The highest BCUT2D eigenvalue weighted by Gasteiger charge is 2.21. The van der Waals surface area contributed by atoms with Crippen LogP contribution in [0.25, 0.3) is 0 Å². The van der Waals surface area contributed by atoms with E-state index in [0.29, 0.717) is 24.3 Å². The number of carbonyl (C=O) groups is 2. The average molecular weight is 342 g/mol. The van der Waals surface area contributed by atoms with E-state index in [1.54, 1.807) is 6.07 Å². The minimum absolute atomic E-state index is 0.0575. The number of fused-ring (bicyclic) bond motifs is 1. The smallest absolute Gasteiger partial charge is 0.261 e. The number of rotatable bonds is 6. The van der Waals surface area contributed by atoms with Gasteiger partial charge in [0.05, 0.1) is 10.9 Å². The Kier molecular flexibility index (Phi) is 5.64. The molecule has 126 valence electrons. The van der Waals surface area contributed by atoms with Crippen molar-refractivity contribution in [3.63, 3.8) is 0 Å². The summed E-state index contributed by atoms with van der Waals surface area (Å²) in [4.78, 5) is 24.7. The number of hydrogen-bond donors (Lipinski definition) is 2. The Hall–Kier alpha value is -2.14. The van der Waals surface area contributed by atoms with Crippen LogP contribution in [0.3, 0.4) is 0 Å². The Morgan fingerprint density at radius 1 is 1.17 bits per heavy atom. The van der Waals surface area contributed by atoms with Crippen molar-refractivity contribution in [1.29, 1.82) is 0 Å². The quantitative estimate of drug-likeness (QED) is 0.790. The van der Waals surface area contributed by atoms with E-state index in [4.69, 9.17) is 0 Å². The predicted octanol–water partition coefficient (Wildman–Crippen LogP) is 3.45. The van der Waals surface area contributed by atoms with E-state index in [9.17, 15) is 9.59 Å². The first-order valence-electron chi connectivity index (χ1n) is 8.43. The zero-order valence-corrected chi connectivity index (χ0v) is 14.4. The lowest BCUT2D eigenvalue weighted by Gasteiger charge is -2.26. The standard InChI is InChI=1S/C19H22N2O2S/c22-18(11-4-12-20-19(23)17-10-5-13-24-17)21-16-9-3-7-14-6-1-2-8-15(14)16/h1-2,5-6,8,10,13,16H,3-4,7,9,11-12H2,(H,20,23)(H,21,22)/t16-/m1/s1. The van der Waals surface area contributed by atoms with E-state index in [0.717, 1.165) is 19.3 Å². The van der Waals surface area contributed by atoms with Crippen molar-refractivity contribution in [2.24, 2.45) is 0 Å². The summed E-state index contributed by atoms with van der Waals surface area (Å²) in [5.41, 5.74) is 2.60. The molecule has 1 aromatic carbocycles. The van der Waals surface area contributed by atoms with Crippen LogP contribution >= 0.6 is 11.3 Å². The van der Waals surface area contributed by atoms with Crippen molar-refractivity contribution >= 4 is 23.2 Å². The molecule has 0 radical (unpaired) electrons. The molecular weight excluding hydrogens is 320 g/mol. The van der Waals surface area contributed by atoms with Gasteiger partial charge in [-0.2, -0.15) is 0 Å². The molecule has 0 aliphatic heterocycles. The summed E-state index contributed by atoms with van der Waals surface area (Å²) in [6.45, 7) is 0.519. The van der Waals surface area contributed by atoms with Crippen molar-refractivity contribution in [3.05, 3.63) is 57.8 Å². The molecule has 2 N–H and O–H groups in total. The van der Waals surface area contributed by atoms with Gasteiger partial charge in [-0.05, 0) is 48.3 Å². The number of benzene rings is 1. The summed E-state index contributed by atoms with van der Waals surface area (Å²) >= 11 is 1.42. The lowest BCUT2D eigenvalue weighted by atomic mass is 9.87. The molecule has 5 heteroatoms. The van der Waals surface area contributed by atoms with Crippen LogP contribution in [0.15, 0.2) is 41.8 Å². The Labute approximate surface area is 146 Å². The summed E-state index contributed by atoms with van der Waals surface area (Å²) in [5.74, 6) is -0.00584. The fraction of sp³-hybridized carbons (Fsp3) is 0.368. The first-order chi connectivity index (χ1) is 11.7. The molecule has 3 rings (SSSR count). The molecule has 24 heavy (non-hydrogen) atoms. The maximum Gasteiger partial charge on any atom is 0.261 e. The molecule has 0 bridgehead atoms. The van der Waals surface area contributed by atoms with Gasteiger partial charge in [-0.1, -0.05) is 30.3 Å². The van der Waals surface area contributed by atoms with Crippen LogP contribution in [-0.4, -0.2) is 18.4 Å². The highest BCUT2D eigenvalue weighted by atomic mass is 32.1. The Bertz CT molecular complexity index is 697. The molecule has 1 aromatic heterocycles. The van der Waals surface area contributed by atoms with Crippen LogP contribution in [0.1, 0.15) is 52.5 Å². The van der Waals surface area contributed by atoms with Crippen molar-refractivity contribution in [2.45, 2.75) is 38.1 Å². The molecule has 1 atom stereocenters. The van der Waals surface area contributed by atoms with Crippen molar-refractivity contribution in [2.75, 3.05) is 6.54 Å². The first kappa shape index (κ1) is 16.7. The Balaban J connectivity index is 1.41. The van der Waals surface area contributed by atoms with Gasteiger partial charge in [0.15, 0.2) is 0 Å². The van der Waals surface area contributed by atoms with E-state index in [1.807, 2.05) is 17.5 Å². The van der Waals surface area contributed by atoms with E-state index in [-0.39, 0.29) is 17.9 Å². The highest BCUT2D eigenvalue weighted by molar-refractivity contribution is 7.12. The fourth-order valence-electron chi connectivity index (χ4n) is 3.12. The third-order valence-corrected chi connectivity index (χ3v) is 5.18. The second kappa shape index (κ2) is 8.11. The topological polar surface area (TPSA) is 58.2 Å². The first-order valence-corrected chi connectivity index (χ1v) is 9.31. The van der Waals surface area contributed by atoms with Gasteiger partial charge in [-0.25, -0.2) is 0 Å². The minimum atomic E-state index is -0.0633. The molecule has 0 unspecified atom stereocenters. The maximum atomic E-state index is 12.2. The Morgan fingerprint density at radius 3 is 2.88 bits per heavy atom. The maximum absolute atomic E-state index is 12.2. The van der Waals surface area contributed by atoms with Gasteiger partial charge in [-0.15, -0.1) is 11.3 Å². The molecule has 0 saturated carbocycles. The summed E-state index contributed by atoms with van der Waals surface area (Å²) in [6, 6.07) is 12.1. The van der Waals surface area contributed by atoms with Crippen LogP contribution in [0.5, 0.6) is 0 Å². The summed E-state index contributed by atoms with van der Waals surface area (Å²) in [5, 5.41) is 7.87. The van der Waals surface area contributed by atoms with E-state index >= 15 is 0 Å². The third-order valence-electron chi connectivity index (χ3n) is 4.32. The van der Waals surface area contributed by atoms with E-state index in [2.05, 4.69) is 28.8 Å². The predicted molar refractivity (Wildman–Crippen MR) is 96.1 cm³/mol. The molecule has 0 saturated heterocycles.